The van der Waals surface area contributed by atoms with E-state index in [2.05, 4.69) is 5.32 Å². The standard InChI is InChI=1S/C16H24N2O4S/c1-16(2,3)10-13(11-19)18-15(20)9-6-12-4-7-14(8-5-12)23(17,21)22/h4-9,13,19H,10-11H2,1-3H3,(H,18,20)(H2,17,21,22)/b9-6+. The van der Waals surface area contributed by atoms with Gasteiger partial charge in [-0.15, -0.1) is 0 Å². The lowest BCUT2D eigenvalue weighted by atomic mass is 9.88. The molecule has 4 N–H and O–H groups in total. The summed E-state index contributed by atoms with van der Waals surface area (Å²) >= 11 is 0. The Balaban J connectivity index is 2.68. The molecular weight excluding hydrogens is 316 g/mol. The summed E-state index contributed by atoms with van der Waals surface area (Å²) in [4.78, 5) is 11.9. The number of aliphatic hydroxyl groups is 1. The minimum atomic E-state index is -3.72. The summed E-state index contributed by atoms with van der Waals surface area (Å²) in [5.74, 6) is -0.316. The van der Waals surface area contributed by atoms with Gasteiger partial charge in [0.05, 0.1) is 17.5 Å². The number of benzene rings is 1. The normalized spacial score (nSPS) is 14.0. The molecule has 1 amide bonds. The topological polar surface area (TPSA) is 109 Å². The molecular formula is C16H24N2O4S. The first-order valence-electron chi connectivity index (χ1n) is 7.23. The number of carbonyl (C=O) groups excluding carboxylic acids is 1. The summed E-state index contributed by atoms with van der Waals surface area (Å²) in [6.07, 6.45) is 3.57. The summed E-state index contributed by atoms with van der Waals surface area (Å²) in [5.41, 5.74) is 0.664. The van der Waals surface area contributed by atoms with E-state index in [0.717, 1.165) is 0 Å². The lowest BCUT2D eigenvalue weighted by Crippen LogP contribution is -2.39. The van der Waals surface area contributed by atoms with Crippen LogP contribution in [0.1, 0.15) is 32.8 Å². The van der Waals surface area contributed by atoms with Crippen LogP contribution in [0.4, 0.5) is 0 Å². The number of aliphatic hydroxyl groups excluding tert-OH is 1. The van der Waals surface area contributed by atoms with Gasteiger partial charge in [-0.1, -0.05) is 32.9 Å². The van der Waals surface area contributed by atoms with Crippen LogP contribution in [-0.4, -0.2) is 32.1 Å². The van der Waals surface area contributed by atoms with Gasteiger partial charge in [0.15, 0.2) is 0 Å². The molecule has 0 fully saturated rings. The molecule has 0 aliphatic carbocycles. The van der Waals surface area contributed by atoms with Crippen molar-refractivity contribution in [2.75, 3.05) is 6.61 Å². The van der Waals surface area contributed by atoms with E-state index in [1.54, 1.807) is 18.2 Å². The third-order valence-electron chi connectivity index (χ3n) is 3.06. The van der Waals surface area contributed by atoms with Crippen molar-refractivity contribution in [2.24, 2.45) is 10.6 Å². The molecule has 128 valence electrons. The fraction of sp³-hybridized carbons (Fsp3) is 0.438. The lowest BCUT2D eigenvalue weighted by molar-refractivity contribution is -0.117. The zero-order valence-electron chi connectivity index (χ0n) is 13.6. The van der Waals surface area contributed by atoms with Gasteiger partial charge in [0.25, 0.3) is 0 Å². The molecule has 7 heteroatoms. The number of primary sulfonamides is 1. The van der Waals surface area contributed by atoms with Gasteiger partial charge in [-0.25, -0.2) is 13.6 Å². The first-order chi connectivity index (χ1) is 10.5. The molecule has 6 nitrogen and oxygen atoms in total. The molecule has 23 heavy (non-hydrogen) atoms. The van der Waals surface area contributed by atoms with Gasteiger partial charge in [0.2, 0.25) is 15.9 Å². The van der Waals surface area contributed by atoms with Crippen molar-refractivity contribution >= 4 is 22.0 Å². The van der Waals surface area contributed by atoms with Gasteiger partial charge < -0.3 is 10.4 Å². The summed E-state index contributed by atoms with van der Waals surface area (Å²) in [5, 5.41) is 17.1. The largest absolute Gasteiger partial charge is 0.394 e. The number of nitrogens with one attached hydrogen (secondary N) is 1. The third-order valence-corrected chi connectivity index (χ3v) is 3.99. The predicted molar refractivity (Wildman–Crippen MR) is 89.9 cm³/mol. The number of carbonyl (C=O) groups is 1. The van der Waals surface area contributed by atoms with Crippen LogP contribution in [0.15, 0.2) is 35.2 Å². The minimum Gasteiger partial charge on any atom is -0.394 e. The maximum Gasteiger partial charge on any atom is 0.244 e. The molecule has 1 aromatic carbocycles. The van der Waals surface area contributed by atoms with Crippen molar-refractivity contribution in [2.45, 2.75) is 38.1 Å². The van der Waals surface area contributed by atoms with Gasteiger partial charge in [-0.3, -0.25) is 4.79 Å². The quantitative estimate of drug-likeness (QED) is 0.677. The highest BCUT2D eigenvalue weighted by Crippen LogP contribution is 2.20. The molecule has 0 saturated heterocycles. The fourth-order valence-electron chi connectivity index (χ4n) is 2.09. The van der Waals surface area contributed by atoms with E-state index in [-0.39, 0.29) is 28.9 Å². The maximum absolute atomic E-state index is 11.9. The third kappa shape index (κ3) is 7.40. The number of rotatable bonds is 6. The Morgan fingerprint density at radius 2 is 1.87 bits per heavy atom. The Morgan fingerprint density at radius 3 is 2.30 bits per heavy atom. The Hall–Kier alpha value is -1.70. The van der Waals surface area contributed by atoms with Crippen molar-refractivity contribution in [3.05, 3.63) is 35.9 Å². The average molecular weight is 340 g/mol. The number of nitrogens with two attached hydrogens (primary N) is 1. The van der Waals surface area contributed by atoms with E-state index in [9.17, 15) is 18.3 Å². The zero-order chi connectivity index (χ0) is 17.7. The second kappa shape index (κ2) is 7.72. The second-order valence-corrected chi connectivity index (χ2v) is 8.16. The molecule has 1 unspecified atom stereocenters. The number of amides is 1. The van der Waals surface area contributed by atoms with Gasteiger partial charge in [0.1, 0.15) is 0 Å². The van der Waals surface area contributed by atoms with Crippen LogP contribution < -0.4 is 10.5 Å². The van der Waals surface area contributed by atoms with Crippen molar-refractivity contribution in [3.63, 3.8) is 0 Å². The molecule has 0 aliphatic rings. The molecule has 1 rings (SSSR count). The van der Waals surface area contributed by atoms with Gasteiger partial charge in [-0.05, 0) is 35.6 Å². The Bertz CT molecular complexity index is 658. The van der Waals surface area contributed by atoms with Crippen LogP contribution in [0.3, 0.4) is 0 Å². The van der Waals surface area contributed by atoms with Crippen LogP contribution in [0, 0.1) is 5.41 Å². The summed E-state index contributed by atoms with van der Waals surface area (Å²) in [6, 6.07) is 5.56. The lowest BCUT2D eigenvalue weighted by Gasteiger charge is -2.24. The zero-order valence-corrected chi connectivity index (χ0v) is 14.4. The Morgan fingerprint density at radius 1 is 1.30 bits per heavy atom. The number of hydrogen-bond acceptors (Lipinski definition) is 4. The molecule has 0 saturated carbocycles. The molecule has 0 spiro atoms. The highest BCUT2D eigenvalue weighted by molar-refractivity contribution is 7.89. The van der Waals surface area contributed by atoms with E-state index in [1.807, 2.05) is 20.8 Å². The Labute approximate surface area is 137 Å². The van der Waals surface area contributed by atoms with Gasteiger partial charge >= 0.3 is 0 Å². The van der Waals surface area contributed by atoms with Crippen LogP contribution in [0.25, 0.3) is 6.08 Å². The molecule has 0 bridgehead atoms. The van der Waals surface area contributed by atoms with E-state index < -0.39 is 10.0 Å². The van der Waals surface area contributed by atoms with Crippen molar-refractivity contribution in [1.29, 1.82) is 0 Å². The molecule has 0 radical (unpaired) electrons. The van der Waals surface area contributed by atoms with Crippen molar-refractivity contribution in [3.8, 4) is 0 Å². The summed E-state index contributed by atoms with van der Waals surface area (Å²) in [7, 11) is -3.72. The van der Waals surface area contributed by atoms with E-state index >= 15 is 0 Å². The first kappa shape index (κ1) is 19.3. The number of hydrogen-bond donors (Lipinski definition) is 3. The highest BCUT2D eigenvalue weighted by Gasteiger charge is 2.18. The van der Waals surface area contributed by atoms with Crippen LogP contribution in [-0.2, 0) is 14.8 Å². The molecule has 0 heterocycles. The smallest absolute Gasteiger partial charge is 0.244 e. The SMILES string of the molecule is CC(C)(C)CC(CO)NC(=O)/C=C/c1ccc(S(N)(=O)=O)cc1. The van der Waals surface area contributed by atoms with E-state index in [4.69, 9.17) is 5.14 Å². The molecule has 0 aromatic heterocycles. The van der Waals surface area contributed by atoms with Gasteiger partial charge in [0, 0.05) is 6.08 Å². The average Bonchev–Trinajstić information content (AvgIpc) is 2.42. The molecule has 1 atom stereocenters. The Kier molecular flexibility index (Phi) is 6.49. The fourth-order valence-corrected chi connectivity index (χ4v) is 2.61. The second-order valence-electron chi connectivity index (χ2n) is 6.60. The van der Waals surface area contributed by atoms with Crippen LogP contribution in [0.2, 0.25) is 0 Å². The molecule has 0 aliphatic heterocycles. The highest BCUT2D eigenvalue weighted by atomic mass is 32.2. The monoisotopic (exact) mass is 340 g/mol. The predicted octanol–water partition coefficient (Wildman–Crippen LogP) is 1.26. The van der Waals surface area contributed by atoms with Crippen LogP contribution in [0.5, 0.6) is 0 Å². The minimum absolute atomic E-state index is 0.00601. The van der Waals surface area contributed by atoms with Crippen molar-refractivity contribution in [1.82, 2.24) is 5.32 Å². The van der Waals surface area contributed by atoms with Crippen molar-refractivity contribution < 1.29 is 18.3 Å². The summed E-state index contributed by atoms with van der Waals surface area (Å²) in [6.45, 7) is 5.97. The number of sulfonamides is 1. The molecule has 1 aromatic rings. The van der Waals surface area contributed by atoms with E-state index in [1.165, 1.54) is 18.2 Å². The first-order valence-corrected chi connectivity index (χ1v) is 8.78. The maximum atomic E-state index is 11.9. The van der Waals surface area contributed by atoms with E-state index in [0.29, 0.717) is 12.0 Å². The van der Waals surface area contributed by atoms with Gasteiger partial charge in [-0.2, -0.15) is 0 Å². The van der Waals surface area contributed by atoms with Crippen LogP contribution >= 0.6 is 0 Å². The summed E-state index contributed by atoms with van der Waals surface area (Å²) < 4.78 is 22.3.